The fourth-order valence-electron chi connectivity index (χ4n) is 1.90. The van der Waals surface area contributed by atoms with E-state index in [-0.39, 0.29) is 23.5 Å². The van der Waals surface area contributed by atoms with E-state index >= 15 is 0 Å². The van der Waals surface area contributed by atoms with Gasteiger partial charge in [-0.15, -0.1) is 0 Å². The van der Waals surface area contributed by atoms with E-state index in [1.54, 1.807) is 18.5 Å². The summed E-state index contributed by atoms with van der Waals surface area (Å²) >= 11 is 0. The van der Waals surface area contributed by atoms with Crippen LogP contribution in [0.3, 0.4) is 0 Å². The molecule has 0 aromatic carbocycles. The largest absolute Gasteiger partial charge is 0.347 e. The van der Waals surface area contributed by atoms with Crippen molar-refractivity contribution in [3.63, 3.8) is 0 Å². The Labute approximate surface area is 103 Å². The van der Waals surface area contributed by atoms with Crippen LogP contribution in [-0.2, 0) is 9.84 Å². The molecule has 0 bridgehead atoms. The van der Waals surface area contributed by atoms with E-state index in [1.807, 2.05) is 0 Å². The molecule has 0 atom stereocenters. The summed E-state index contributed by atoms with van der Waals surface area (Å²) in [5.74, 6) is -0.333. The summed E-state index contributed by atoms with van der Waals surface area (Å²) in [6, 6.07) is 1.40. The van der Waals surface area contributed by atoms with Crippen molar-refractivity contribution in [1.82, 2.24) is 19.9 Å². The summed E-state index contributed by atoms with van der Waals surface area (Å²) in [4.78, 5) is 16.0. The number of rotatable bonds is 2. The quantitative estimate of drug-likeness (QED) is 0.772. The average molecular weight is 266 g/mol. The molecule has 0 unspecified atom stereocenters. The summed E-state index contributed by atoms with van der Waals surface area (Å²) in [7, 11) is -2.94. The van der Waals surface area contributed by atoms with Gasteiger partial charge in [0.2, 0.25) is 0 Å². The molecule has 3 heterocycles. The topological polar surface area (TPSA) is 93.4 Å². The monoisotopic (exact) mass is 266 g/mol. The van der Waals surface area contributed by atoms with Crippen molar-refractivity contribution < 1.29 is 13.2 Å². The van der Waals surface area contributed by atoms with Crippen molar-refractivity contribution in [2.75, 3.05) is 11.5 Å². The average Bonchev–Trinajstić information content (AvgIpc) is 2.70. The van der Waals surface area contributed by atoms with Gasteiger partial charge in [0.15, 0.2) is 15.5 Å². The minimum absolute atomic E-state index is 0.00534. The molecule has 1 saturated heterocycles. The zero-order valence-corrected chi connectivity index (χ0v) is 10.1. The van der Waals surface area contributed by atoms with Crippen molar-refractivity contribution in [2.24, 2.45) is 0 Å². The Hall–Kier alpha value is -1.96. The van der Waals surface area contributed by atoms with Crippen molar-refractivity contribution in [2.45, 2.75) is 6.04 Å². The number of hydrogen-bond acceptors (Lipinski definition) is 5. The maximum atomic E-state index is 11.9. The molecule has 0 spiro atoms. The Morgan fingerprint density at radius 2 is 2.22 bits per heavy atom. The maximum Gasteiger partial charge on any atom is 0.257 e. The number of carbonyl (C=O) groups is 1. The van der Waals surface area contributed by atoms with E-state index in [9.17, 15) is 13.2 Å². The molecule has 3 rings (SSSR count). The molecular weight excluding hydrogens is 256 g/mol. The highest BCUT2D eigenvalue weighted by Gasteiger charge is 2.34. The Balaban J connectivity index is 1.81. The third-order valence-corrected chi connectivity index (χ3v) is 4.59. The van der Waals surface area contributed by atoms with Crippen molar-refractivity contribution >= 4 is 21.4 Å². The van der Waals surface area contributed by atoms with E-state index in [0.717, 1.165) is 0 Å². The van der Waals surface area contributed by atoms with E-state index in [2.05, 4.69) is 15.4 Å². The molecule has 1 aliphatic rings. The van der Waals surface area contributed by atoms with Crippen LogP contribution in [0.25, 0.3) is 5.65 Å². The van der Waals surface area contributed by atoms with Gasteiger partial charge < -0.3 is 5.32 Å². The summed E-state index contributed by atoms with van der Waals surface area (Å²) in [5.41, 5.74) is 0.803. The molecule has 8 heteroatoms. The van der Waals surface area contributed by atoms with Crippen molar-refractivity contribution in [3.05, 3.63) is 30.2 Å². The highest BCUT2D eigenvalue weighted by atomic mass is 32.2. The number of hydrogen-bond donors (Lipinski definition) is 1. The first-order valence-corrected chi connectivity index (χ1v) is 7.17. The molecule has 0 radical (unpaired) electrons. The SMILES string of the molecule is O=C(NC1CS(=O)(=O)C1)c1cnn2cccnc12. The zero-order valence-electron chi connectivity index (χ0n) is 9.28. The third-order valence-electron chi connectivity index (χ3n) is 2.77. The number of amides is 1. The molecule has 2 aromatic heterocycles. The Morgan fingerprint density at radius 3 is 2.94 bits per heavy atom. The number of carbonyl (C=O) groups excluding carboxylic acids is 1. The number of nitrogens with one attached hydrogen (secondary N) is 1. The molecule has 1 aliphatic heterocycles. The predicted octanol–water partition coefficient (Wildman–Crippen LogP) is -0.744. The van der Waals surface area contributed by atoms with Crippen LogP contribution in [-0.4, -0.2) is 46.5 Å². The highest BCUT2D eigenvalue weighted by Crippen LogP contribution is 2.12. The summed E-state index contributed by atoms with van der Waals surface area (Å²) in [6.45, 7) is 0. The number of fused-ring (bicyclic) bond motifs is 1. The van der Waals surface area contributed by atoms with Crippen molar-refractivity contribution in [1.29, 1.82) is 0 Å². The van der Waals surface area contributed by atoms with Crippen LogP contribution in [0, 0.1) is 0 Å². The van der Waals surface area contributed by atoms with Gasteiger partial charge in [0, 0.05) is 12.4 Å². The number of nitrogens with zero attached hydrogens (tertiary/aromatic N) is 3. The first kappa shape index (κ1) is 11.1. The first-order chi connectivity index (χ1) is 8.55. The van der Waals surface area contributed by atoms with Crippen LogP contribution in [0.2, 0.25) is 0 Å². The fraction of sp³-hybridized carbons (Fsp3) is 0.300. The minimum Gasteiger partial charge on any atom is -0.347 e. The fourth-order valence-corrected chi connectivity index (χ4v) is 3.19. The molecule has 0 aliphatic carbocycles. The number of aromatic nitrogens is 3. The highest BCUT2D eigenvalue weighted by molar-refractivity contribution is 7.92. The van der Waals surface area contributed by atoms with Gasteiger partial charge in [0.05, 0.1) is 23.7 Å². The Morgan fingerprint density at radius 1 is 1.44 bits per heavy atom. The molecule has 1 N–H and O–H groups in total. The molecule has 1 amide bonds. The molecular formula is C10H10N4O3S. The van der Waals surface area contributed by atoms with Crippen LogP contribution in [0.4, 0.5) is 0 Å². The first-order valence-electron chi connectivity index (χ1n) is 5.35. The van der Waals surface area contributed by atoms with Crippen LogP contribution in [0.15, 0.2) is 24.7 Å². The predicted molar refractivity (Wildman–Crippen MR) is 62.9 cm³/mol. The van der Waals surface area contributed by atoms with Gasteiger partial charge in [-0.3, -0.25) is 4.79 Å². The maximum absolute atomic E-state index is 11.9. The van der Waals surface area contributed by atoms with Gasteiger partial charge in [-0.25, -0.2) is 17.9 Å². The van der Waals surface area contributed by atoms with Crippen LogP contribution in [0.5, 0.6) is 0 Å². The Kier molecular flexibility index (Phi) is 2.34. The Bertz CT molecular complexity index is 710. The normalized spacial score (nSPS) is 18.4. The summed E-state index contributed by atoms with van der Waals surface area (Å²) in [6.07, 6.45) is 4.68. The van der Waals surface area contributed by atoms with Gasteiger partial charge in [-0.1, -0.05) is 0 Å². The second kappa shape index (κ2) is 3.77. The van der Waals surface area contributed by atoms with Gasteiger partial charge >= 0.3 is 0 Å². The van der Waals surface area contributed by atoms with E-state index in [1.165, 1.54) is 10.7 Å². The van der Waals surface area contributed by atoms with Crippen LogP contribution in [0.1, 0.15) is 10.4 Å². The third kappa shape index (κ3) is 1.84. The van der Waals surface area contributed by atoms with Crippen molar-refractivity contribution in [3.8, 4) is 0 Å². The number of sulfone groups is 1. The van der Waals surface area contributed by atoms with E-state index in [0.29, 0.717) is 11.2 Å². The molecule has 7 nitrogen and oxygen atoms in total. The molecule has 2 aromatic rings. The molecule has 1 fully saturated rings. The van der Waals surface area contributed by atoms with Crippen LogP contribution < -0.4 is 5.32 Å². The lowest BCUT2D eigenvalue weighted by molar-refractivity contribution is 0.0943. The molecule has 94 valence electrons. The second-order valence-corrected chi connectivity index (χ2v) is 6.35. The minimum atomic E-state index is -2.94. The second-order valence-electron chi connectivity index (χ2n) is 4.19. The smallest absolute Gasteiger partial charge is 0.257 e. The molecule has 18 heavy (non-hydrogen) atoms. The van der Waals surface area contributed by atoms with Gasteiger partial charge in [0.25, 0.3) is 5.91 Å². The summed E-state index contributed by atoms with van der Waals surface area (Å²) < 4.78 is 23.5. The summed E-state index contributed by atoms with van der Waals surface area (Å²) in [5, 5.41) is 6.65. The standard InChI is InChI=1S/C10H10N4O3S/c15-10(13-7-5-18(16,17)6-7)8-4-12-14-3-1-2-11-9(8)14/h1-4,7H,5-6H2,(H,13,15). The lowest BCUT2D eigenvalue weighted by atomic mass is 10.3. The van der Waals surface area contributed by atoms with Gasteiger partial charge in [0.1, 0.15) is 5.56 Å². The van der Waals surface area contributed by atoms with Gasteiger partial charge in [-0.2, -0.15) is 5.10 Å². The molecule has 0 saturated carbocycles. The zero-order chi connectivity index (χ0) is 12.8. The lowest BCUT2D eigenvalue weighted by Crippen LogP contribution is -2.52. The lowest BCUT2D eigenvalue weighted by Gasteiger charge is -2.26. The van der Waals surface area contributed by atoms with E-state index in [4.69, 9.17) is 0 Å². The van der Waals surface area contributed by atoms with E-state index < -0.39 is 9.84 Å². The van der Waals surface area contributed by atoms with Gasteiger partial charge in [-0.05, 0) is 6.07 Å². The van der Waals surface area contributed by atoms with Crippen LogP contribution >= 0.6 is 0 Å².